The van der Waals surface area contributed by atoms with E-state index in [1.807, 2.05) is 12.1 Å². The van der Waals surface area contributed by atoms with E-state index in [0.717, 1.165) is 29.8 Å². The second-order valence-corrected chi connectivity index (χ2v) is 7.59. The molecule has 0 aliphatic carbocycles. The predicted octanol–water partition coefficient (Wildman–Crippen LogP) is 3.02. The van der Waals surface area contributed by atoms with Crippen LogP contribution in [-0.4, -0.2) is 20.9 Å². The van der Waals surface area contributed by atoms with Crippen LogP contribution >= 0.6 is 11.6 Å². The highest BCUT2D eigenvalue weighted by Crippen LogP contribution is 2.22. The van der Waals surface area contributed by atoms with Gasteiger partial charge in [-0.15, -0.1) is 0 Å². The van der Waals surface area contributed by atoms with Crippen LogP contribution in [0.4, 0.5) is 4.39 Å². The summed E-state index contributed by atoms with van der Waals surface area (Å²) >= 11 is 6.08. The molecule has 2 N–H and O–H groups in total. The zero-order valence-corrected chi connectivity index (χ0v) is 15.1. The first-order valence-electron chi connectivity index (χ1n) is 7.58. The fourth-order valence-electron chi connectivity index (χ4n) is 2.21. The number of benzene rings is 2. The summed E-state index contributed by atoms with van der Waals surface area (Å²) in [6.07, 6.45) is -0.0325. The third kappa shape index (κ3) is 5.52. The molecule has 1 atom stereocenters. The Morgan fingerprint density at radius 1 is 1.16 bits per heavy atom. The molecule has 0 saturated heterocycles. The number of carbonyl (C=O) groups excluding carboxylic acids is 1. The summed E-state index contributed by atoms with van der Waals surface area (Å²) in [6.45, 7) is 1.72. The van der Waals surface area contributed by atoms with Crippen LogP contribution in [0.3, 0.4) is 0 Å². The lowest BCUT2D eigenvalue weighted by Gasteiger charge is -2.15. The molecule has 0 radical (unpaired) electrons. The molecule has 0 spiro atoms. The molecule has 5 nitrogen and oxygen atoms in total. The molecule has 0 aliphatic heterocycles. The summed E-state index contributed by atoms with van der Waals surface area (Å²) in [5.74, 6) is -0.832. The Bertz CT molecular complexity index is 841. The smallest absolute Gasteiger partial charge is 0.240 e. The SMILES string of the molecule is CC(NC(=O)CCNS(=O)(=O)c1ccc(F)cc1)c1ccccc1Cl. The van der Waals surface area contributed by atoms with Gasteiger partial charge in [0, 0.05) is 18.0 Å². The lowest BCUT2D eigenvalue weighted by atomic mass is 10.1. The van der Waals surface area contributed by atoms with E-state index in [4.69, 9.17) is 11.6 Å². The van der Waals surface area contributed by atoms with Gasteiger partial charge in [0.05, 0.1) is 10.9 Å². The van der Waals surface area contributed by atoms with Gasteiger partial charge in [-0.1, -0.05) is 29.8 Å². The minimum atomic E-state index is -3.78. The molecule has 0 fully saturated rings. The van der Waals surface area contributed by atoms with E-state index in [0.29, 0.717) is 5.02 Å². The molecule has 0 bridgehead atoms. The fraction of sp³-hybridized carbons (Fsp3) is 0.235. The number of nitrogens with one attached hydrogen (secondary N) is 2. The number of hydrogen-bond donors (Lipinski definition) is 2. The van der Waals surface area contributed by atoms with E-state index in [1.165, 1.54) is 0 Å². The summed E-state index contributed by atoms with van der Waals surface area (Å²) < 4.78 is 39.2. The molecule has 2 aromatic rings. The lowest BCUT2D eigenvalue weighted by molar-refractivity contribution is -0.121. The van der Waals surface area contributed by atoms with E-state index in [-0.39, 0.29) is 29.8 Å². The van der Waals surface area contributed by atoms with Crippen LogP contribution in [0.5, 0.6) is 0 Å². The number of halogens is 2. The normalized spacial score (nSPS) is 12.6. The maximum absolute atomic E-state index is 12.8. The summed E-state index contributed by atoms with van der Waals surface area (Å²) in [5, 5.41) is 3.31. The Morgan fingerprint density at radius 2 is 1.80 bits per heavy atom. The molecule has 2 rings (SSSR count). The summed E-state index contributed by atoms with van der Waals surface area (Å²) in [6, 6.07) is 11.3. The predicted molar refractivity (Wildman–Crippen MR) is 94.2 cm³/mol. The van der Waals surface area contributed by atoms with Crippen molar-refractivity contribution in [1.82, 2.24) is 10.0 Å². The molecular formula is C17H18ClFN2O3S. The first kappa shape index (κ1) is 19.4. The zero-order valence-electron chi connectivity index (χ0n) is 13.5. The number of sulfonamides is 1. The van der Waals surface area contributed by atoms with Crippen LogP contribution in [0.25, 0.3) is 0 Å². The lowest BCUT2D eigenvalue weighted by Crippen LogP contribution is -2.32. The van der Waals surface area contributed by atoms with Gasteiger partial charge in [0.25, 0.3) is 0 Å². The first-order valence-corrected chi connectivity index (χ1v) is 9.45. The first-order chi connectivity index (χ1) is 11.8. The van der Waals surface area contributed by atoms with Gasteiger partial charge in [0.1, 0.15) is 5.82 Å². The van der Waals surface area contributed by atoms with Gasteiger partial charge in [0.2, 0.25) is 15.9 Å². The van der Waals surface area contributed by atoms with E-state index in [2.05, 4.69) is 10.0 Å². The topological polar surface area (TPSA) is 75.3 Å². The van der Waals surface area contributed by atoms with Crippen LogP contribution in [0, 0.1) is 5.82 Å². The molecule has 1 amide bonds. The zero-order chi connectivity index (χ0) is 18.4. The van der Waals surface area contributed by atoms with Gasteiger partial charge in [-0.25, -0.2) is 17.5 Å². The largest absolute Gasteiger partial charge is 0.349 e. The molecule has 25 heavy (non-hydrogen) atoms. The summed E-state index contributed by atoms with van der Waals surface area (Å²) in [5.41, 5.74) is 0.782. The van der Waals surface area contributed by atoms with Gasteiger partial charge in [-0.3, -0.25) is 4.79 Å². The Morgan fingerprint density at radius 3 is 2.44 bits per heavy atom. The minimum Gasteiger partial charge on any atom is -0.349 e. The molecule has 8 heteroatoms. The Labute approximate surface area is 151 Å². The second-order valence-electron chi connectivity index (χ2n) is 5.41. The van der Waals surface area contributed by atoms with Crippen molar-refractivity contribution in [3.63, 3.8) is 0 Å². The van der Waals surface area contributed by atoms with Gasteiger partial charge >= 0.3 is 0 Å². The summed E-state index contributed by atoms with van der Waals surface area (Å²) in [7, 11) is -3.78. The molecule has 0 aliphatic rings. The highest BCUT2D eigenvalue weighted by Gasteiger charge is 2.16. The molecule has 1 unspecified atom stereocenters. The van der Waals surface area contributed by atoms with Crippen LogP contribution in [0.2, 0.25) is 5.02 Å². The highest BCUT2D eigenvalue weighted by atomic mass is 35.5. The average Bonchev–Trinajstić information content (AvgIpc) is 2.55. The van der Waals surface area contributed by atoms with E-state index in [9.17, 15) is 17.6 Å². The Kier molecular flexibility index (Phi) is 6.52. The summed E-state index contributed by atoms with van der Waals surface area (Å²) in [4.78, 5) is 11.9. The fourth-order valence-corrected chi connectivity index (χ4v) is 3.54. The van der Waals surface area contributed by atoms with Gasteiger partial charge in [0.15, 0.2) is 0 Å². The molecule has 2 aromatic carbocycles. The van der Waals surface area contributed by atoms with E-state index >= 15 is 0 Å². The highest BCUT2D eigenvalue weighted by molar-refractivity contribution is 7.89. The van der Waals surface area contributed by atoms with Crippen molar-refractivity contribution < 1.29 is 17.6 Å². The van der Waals surface area contributed by atoms with Crippen molar-refractivity contribution in [2.75, 3.05) is 6.54 Å². The monoisotopic (exact) mass is 384 g/mol. The van der Waals surface area contributed by atoms with Gasteiger partial charge < -0.3 is 5.32 Å². The van der Waals surface area contributed by atoms with Crippen molar-refractivity contribution in [2.24, 2.45) is 0 Å². The van der Waals surface area contributed by atoms with Crippen molar-refractivity contribution in [3.05, 3.63) is 64.9 Å². The van der Waals surface area contributed by atoms with Crippen LogP contribution in [0.15, 0.2) is 53.4 Å². The molecule has 134 valence electrons. The molecule has 0 heterocycles. The Balaban J connectivity index is 1.86. The third-order valence-corrected chi connectivity index (χ3v) is 5.34. The number of amides is 1. The Hall–Kier alpha value is -1.96. The van der Waals surface area contributed by atoms with E-state index < -0.39 is 15.8 Å². The average molecular weight is 385 g/mol. The quantitative estimate of drug-likeness (QED) is 0.770. The van der Waals surface area contributed by atoms with Gasteiger partial charge in [-0.2, -0.15) is 0 Å². The molecule has 0 saturated carbocycles. The molecule has 0 aromatic heterocycles. The van der Waals surface area contributed by atoms with Crippen LogP contribution in [-0.2, 0) is 14.8 Å². The minimum absolute atomic E-state index is 0.0325. The van der Waals surface area contributed by atoms with Crippen LogP contribution < -0.4 is 10.0 Å². The second kappa shape index (κ2) is 8.42. The number of hydrogen-bond acceptors (Lipinski definition) is 3. The maximum atomic E-state index is 12.8. The van der Waals surface area contributed by atoms with Crippen molar-refractivity contribution >= 4 is 27.5 Å². The number of carbonyl (C=O) groups is 1. The third-order valence-electron chi connectivity index (χ3n) is 3.52. The van der Waals surface area contributed by atoms with E-state index in [1.54, 1.807) is 19.1 Å². The molecular weight excluding hydrogens is 367 g/mol. The van der Waals surface area contributed by atoms with Crippen molar-refractivity contribution in [1.29, 1.82) is 0 Å². The maximum Gasteiger partial charge on any atom is 0.240 e. The van der Waals surface area contributed by atoms with Gasteiger partial charge in [-0.05, 0) is 42.8 Å². The number of rotatable bonds is 7. The standard InChI is InChI=1S/C17H18ClFN2O3S/c1-12(15-4-2-3-5-16(15)18)21-17(22)10-11-20-25(23,24)14-8-6-13(19)7-9-14/h2-9,12,20H,10-11H2,1H3,(H,21,22). The van der Waals surface area contributed by atoms with Crippen molar-refractivity contribution in [2.45, 2.75) is 24.3 Å². The van der Waals surface area contributed by atoms with Crippen molar-refractivity contribution in [3.8, 4) is 0 Å². The van der Waals surface area contributed by atoms with Crippen LogP contribution in [0.1, 0.15) is 24.9 Å².